The number of amidine groups is 1. The highest BCUT2D eigenvalue weighted by molar-refractivity contribution is 9.10. The second-order valence-electron chi connectivity index (χ2n) is 4.61. The molecule has 1 aromatic heterocycles. The normalized spacial score (nSPS) is 18.2. The summed E-state index contributed by atoms with van der Waals surface area (Å²) in [5.74, 6) is 0.307. The van der Waals surface area contributed by atoms with Crippen LogP contribution in [0, 0.1) is 0 Å². The topological polar surface area (TPSA) is 58.7 Å². The molecule has 1 aromatic carbocycles. The second kappa shape index (κ2) is 5.79. The third-order valence-corrected chi connectivity index (χ3v) is 5.72. The molecule has 4 nitrogen and oxygen atoms in total. The van der Waals surface area contributed by atoms with Crippen molar-refractivity contribution in [3.05, 3.63) is 55.6 Å². The maximum atomic E-state index is 12.1. The number of carbonyl (C=O) groups excluding carboxylic acids is 1. The number of benzene rings is 1. The zero-order valence-corrected chi connectivity index (χ0v) is 14.0. The monoisotopic (exact) mass is 383 g/mol. The number of nitrogens with zero attached hydrogens (tertiary/aromatic N) is 2. The third-order valence-electron chi connectivity index (χ3n) is 3.19. The van der Waals surface area contributed by atoms with Gasteiger partial charge in [0.25, 0.3) is 0 Å². The van der Waals surface area contributed by atoms with E-state index in [1.807, 2.05) is 36.4 Å². The molecule has 1 unspecified atom stereocenters. The molecule has 2 heterocycles. The molecule has 0 radical (unpaired) electrons. The largest absolute Gasteiger partial charge is 0.385 e. The van der Waals surface area contributed by atoms with Gasteiger partial charge in [-0.05, 0) is 27.6 Å². The van der Waals surface area contributed by atoms with Gasteiger partial charge in [-0.25, -0.2) is 4.79 Å². The van der Waals surface area contributed by atoms with E-state index in [-0.39, 0.29) is 12.1 Å². The minimum Gasteiger partial charge on any atom is -0.385 e. The lowest BCUT2D eigenvalue weighted by Gasteiger charge is -2.23. The predicted octanol–water partition coefficient (Wildman–Crippen LogP) is 4.20. The summed E-state index contributed by atoms with van der Waals surface area (Å²) >= 11 is 10.9. The van der Waals surface area contributed by atoms with Crippen LogP contribution in [0.25, 0.3) is 0 Å². The van der Waals surface area contributed by atoms with Crippen LogP contribution in [-0.2, 0) is 6.54 Å². The van der Waals surface area contributed by atoms with Gasteiger partial charge in [0.1, 0.15) is 16.2 Å². The van der Waals surface area contributed by atoms with E-state index in [0.717, 1.165) is 14.9 Å². The fraction of sp³-hybridized carbons (Fsp3) is 0.143. The van der Waals surface area contributed by atoms with Gasteiger partial charge < -0.3 is 10.6 Å². The van der Waals surface area contributed by atoms with Gasteiger partial charge in [-0.2, -0.15) is 4.99 Å². The summed E-state index contributed by atoms with van der Waals surface area (Å²) < 4.78 is 1.44. The maximum Gasteiger partial charge on any atom is 0.346 e. The van der Waals surface area contributed by atoms with E-state index in [4.69, 9.17) is 17.3 Å². The number of carbonyl (C=O) groups is 1. The van der Waals surface area contributed by atoms with E-state index < -0.39 is 0 Å². The number of amides is 2. The van der Waals surface area contributed by atoms with Crippen molar-refractivity contribution in [2.24, 2.45) is 10.7 Å². The Morgan fingerprint density at radius 3 is 2.71 bits per heavy atom. The van der Waals surface area contributed by atoms with Crippen LogP contribution >= 0.6 is 38.9 Å². The molecule has 0 saturated carbocycles. The number of thiophene rings is 1. The average molecular weight is 385 g/mol. The highest BCUT2D eigenvalue weighted by atomic mass is 79.9. The zero-order chi connectivity index (χ0) is 15.0. The molecule has 1 aliphatic heterocycles. The SMILES string of the molecule is NC1=NC(=O)N(Cc2ccccc2)C1c1cc(Br)c(Cl)s1. The van der Waals surface area contributed by atoms with Gasteiger partial charge in [-0.1, -0.05) is 41.9 Å². The summed E-state index contributed by atoms with van der Waals surface area (Å²) in [7, 11) is 0. The van der Waals surface area contributed by atoms with Gasteiger partial charge in [-0.15, -0.1) is 11.3 Å². The first-order chi connectivity index (χ1) is 10.1. The Hall–Kier alpha value is -1.37. The summed E-state index contributed by atoms with van der Waals surface area (Å²) in [4.78, 5) is 18.5. The van der Waals surface area contributed by atoms with E-state index in [1.165, 1.54) is 11.3 Å². The van der Waals surface area contributed by atoms with Crippen LogP contribution in [0.4, 0.5) is 4.79 Å². The van der Waals surface area contributed by atoms with Gasteiger partial charge in [-0.3, -0.25) is 0 Å². The second-order valence-corrected chi connectivity index (χ2v) is 7.15. The lowest BCUT2D eigenvalue weighted by atomic mass is 10.1. The molecule has 2 aromatic rings. The van der Waals surface area contributed by atoms with Gasteiger partial charge in [0.05, 0.1) is 0 Å². The maximum absolute atomic E-state index is 12.1. The van der Waals surface area contributed by atoms with Crippen LogP contribution in [0.5, 0.6) is 0 Å². The smallest absolute Gasteiger partial charge is 0.346 e. The van der Waals surface area contributed by atoms with E-state index in [9.17, 15) is 4.79 Å². The standard InChI is InChI=1S/C14H11BrClN3OS/c15-9-6-10(21-12(9)16)11-13(17)18-14(20)19(11)7-8-4-2-1-3-5-8/h1-6,11H,7H2,(H2,17,18,20). The minimum atomic E-state index is -0.355. The lowest BCUT2D eigenvalue weighted by molar-refractivity contribution is 0.204. The number of urea groups is 1. The van der Waals surface area contributed by atoms with E-state index >= 15 is 0 Å². The predicted molar refractivity (Wildman–Crippen MR) is 88.8 cm³/mol. The molecule has 1 atom stereocenters. The van der Waals surface area contributed by atoms with E-state index in [0.29, 0.717) is 16.7 Å². The number of aliphatic imine (C=N–C) groups is 1. The van der Waals surface area contributed by atoms with Crippen molar-refractivity contribution in [3.8, 4) is 0 Å². The molecule has 3 rings (SSSR count). The number of halogens is 2. The highest BCUT2D eigenvalue weighted by Gasteiger charge is 2.35. The quantitative estimate of drug-likeness (QED) is 0.862. The Kier molecular flexibility index (Phi) is 4.01. The summed E-state index contributed by atoms with van der Waals surface area (Å²) in [5, 5.41) is 0. The third kappa shape index (κ3) is 2.84. The van der Waals surface area contributed by atoms with Gasteiger partial charge in [0.2, 0.25) is 0 Å². The molecule has 0 bridgehead atoms. The van der Waals surface area contributed by atoms with Crippen molar-refractivity contribution >= 4 is 50.7 Å². The van der Waals surface area contributed by atoms with Crippen LogP contribution in [0.15, 0.2) is 45.9 Å². The fourth-order valence-electron chi connectivity index (χ4n) is 2.24. The van der Waals surface area contributed by atoms with Crippen molar-refractivity contribution in [1.82, 2.24) is 4.90 Å². The zero-order valence-electron chi connectivity index (χ0n) is 10.8. The van der Waals surface area contributed by atoms with Crippen molar-refractivity contribution in [1.29, 1.82) is 0 Å². The number of hydrogen-bond donors (Lipinski definition) is 1. The number of rotatable bonds is 3. The molecule has 0 aliphatic carbocycles. The Balaban J connectivity index is 1.92. The van der Waals surface area contributed by atoms with Crippen LogP contribution in [0.1, 0.15) is 16.5 Å². The van der Waals surface area contributed by atoms with Crippen LogP contribution in [0.3, 0.4) is 0 Å². The minimum absolute atomic E-state index is 0.307. The Morgan fingerprint density at radius 1 is 1.38 bits per heavy atom. The summed E-state index contributed by atoms with van der Waals surface area (Å²) in [5.41, 5.74) is 6.97. The molecule has 1 aliphatic rings. The van der Waals surface area contributed by atoms with Crippen molar-refractivity contribution < 1.29 is 4.79 Å². The van der Waals surface area contributed by atoms with Crippen molar-refractivity contribution in [2.45, 2.75) is 12.6 Å². The van der Waals surface area contributed by atoms with Crippen molar-refractivity contribution in [3.63, 3.8) is 0 Å². The molecule has 21 heavy (non-hydrogen) atoms. The van der Waals surface area contributed by atoms with Gasteiger partial charge >= 0.3 is 6.03 Å². The Labute approximate surface area is 139 Å². The molecule has 0 spiro atoms. The average Bonchev–Trinajstić information content (AvgIpc) is 2.91. The molecule has 0 fully saturated rings. The lowest BCUT2D eigenvalue weighted by Crippen LogP contribution is -2.32. The molecular formula is C14H11BrClN3OS. The van der Waals surface area contributed by atoms with Crippen LogP contribution in [-0.4, -0.2) is 16.8 Å². The Morgan fingerprint density at radius 2 is 2.10 bits per heavy atom. The summed E-state index contributed by atoms with van der Waals surface area (Å²) in [6.45, 7) is 0.460. The molecule has 2 N–H and O–H groups in total. The molecule has 108 valence electrons. The first-order valence-corrected chi connectivity index (χ1v) is 8.18. The molecule has 2 amide bonds. The molecule has 7 heteroatoms. The fourth-order valence-corrected chi connectivity index (χ4v) is 4.10. The highest BCUT2D eigenvalue weighted by Crippen LogP contribution is 2.39. The molecular weight excluding hydrogens is 374 g/mol. The van der Waals surface area contributed by atoms with Crippen molar-refractivity contribution in [2.75, 3.05) is 0 Å². The summed E-state index contributed by atoms with van der Waals surface area (Å²) in [6.07, 6.45) is 0. The number of nitrogens with two attached hydrogens (primary N) is 1. The first kappa shape index (κ1) is 14.6. The number of hydrogen-bond acceptors (Lipinski definition) is 3. The van der Waals surface area contributed by atoms with Gasteiger partial charge in [0.15, 0.2) is 0 Å². The van der Waals surface area contributed by atoms with Crippen LogP contribution in [0.2, 0.25) is 4.34 Å². The first-order valence-electron chi connectivity index (χ1n) is 6.19. The summed E-state index contributed by atoms with van der Waals surface area (Å²) in [6, 6.07) is 11.0. The van der Waals surface area contributed by atoms with Gasteiger partial charge in [0, 0.05) is 15.9 Å². The molecule has 0 saturated heterocycles. The Bertz CT molecular complexity index is 697. The van der Waals surface area contributed by atoms with Crippen LogP contribution < -0.4 is 5.73 Å². The van der Waals surface area contributed by atoms with E-state index in [2.05, 4.69) is 20.9 Å². The van der Waals surface area contributed by atoms with E-state index in [1.54, 1.807) is 4.90 Å².